The molecule has 0 heterocycles. The minimum absolute atomic E-state index is 0.0588. The summed E-state index contributed by atoms with van der Waals surface area (Å²) in [6.07, 6.45) is 0. The lowest BCUT2D eigenvalue weighted by Crippen LogP contribution is -2.47. The number of alkyl halides is 2. The summed E-state index contributed by atoms with van der Waals surface area (Å²) in [4.78, 5) is 0. The first-order valence-electron chi connectivity index (χ1n) is 12.8. The van der Waals surface area contributed by atoms with Crippen LogP contribution in [0.3, 0.4) is 0 Å². The van der Waals surface area contributed by atoms with Crippen molar-refractivity contribution in [3.63, 3.8) is 0 Å². The van der Waals surface area contributed by atoms with Gasteiger partial charge in [-0.15, -0.1) is 0 Å². The van der Waals surface area contributed by atoms with Crippen LogP contribution in [0.1, 0.15) is 11.1 Å². The van der Waals surface area contributed by atoms with Gasteiger partial charge in [0.15, 0.2) is 87.2 Å². The van der Waals surface area contributed by atoms with Crippen molar-refractivity contribution in [1.82, 2.24) is 0 Å². The summed E-state index contributed by atoms with van der Waals surface area (Å²) in [5.74, 6) is -53.5. The van der Waals surface area contributed by atoms with Gasteiger partial charge in [-0.25, -0.2) is 65.9 Å². The number of benzene rings is 5. The molecule has 50 heavy (non-hydrogen) atoms. The molecule has 0 aliphatic heterocycles. The topological polar surface area (TPSA) is 18.5 Å². The van der Waals surface area contributed by atoms with Gasteiger partial charge in [0, 0.05) is 22.6 Å². The zero-order valence-electron chi connectivity index (χ0n) is 22.9. The average molecular weight is 736 g/mol. The molecule has 0 N–H and O–H groups in total. The number of rotatable bonds is 5. The smallest absolute Gasteiger partial charge is 0.520 e. The van der Waals surface area contributed by atoms with E-state index in [-0.39, 0.29) is 12.1 Å². The zero-order valence-corrected chi connectivity index (χ0v) is 22.9. The van der Waals surface area contributed by atoms with Crippen LogP contribution in [0.4, 0.5) is 79.0 Å². The summed E-state index contributed by atoms with van der Waals surface area (Å²) in [5, 5.41) is -4.60. The van der Waals surface area contributed by atoms with Gasteiger partial charge in [0.2, 0.25) is 5.82 Å². The highest BCUT2D eigenvalue weighted by molar-refractivity contribution is 6.66. The predicted molar refractivity (Wildman–Crippen MR) is 131 cm³/mol. The molecule has 2 nitrogen and oxygen atoms in total. The lowest BCUT2D eigenvalue weighted by Gasteiger charge is -2.24. The molecule has 0 amide bonds. The van der Waals surface area contributed by atoms with Crippen LogP contribution >= 0.6 is 0 Å². The Morgan fingerprint density at radius 3 is 1.46 bits per heavy atom. The normalized spacial score (nSPS) is 13.2. The quantitative estimate of drug-likeness (QED) is 0.0777. The van der Waals surface area contributed by atoms with Gasteiger partial charge >= 0.3 is 13.0 Å². The van der Waals surface area contributed by atoms with E-state index in [0.717, 1.165) is 0 Å². The molecule has 1 aliphatic rings. The van der Waals surface area contributed by atoms with Crippen molar-refractivity contribution in [2.45, 2.75) is 5.92 Å². The largest absolute Gasteiger partial charge is 0.636 e. The van der Waals surface area contributed by atoms with Gasteiger partial charge < -0.3 is 9.31 Å². The van der Waals surface area contributed by atoms with E-state index in [2.05, 4.69) is 4.65 Å². The van der Waals surface area contributed by atoms with E-state index in [9.17, 15) is 52.7 Å². The lowest BCUT2D eigenvalue weighted by atomic mass is 9.74. The number of hydrogen-bond donors (Lipinski definition) is 0. The second-order valence-corrected chi connectivity index (χ2v) is 10.1. The van der Waals surface area contributed by atoms with Gasteiger partial charge in [-0.2, -0.15) is 13.2 Å². The SMILES string of the molecule is Fc1ccc(OB(Oc2c(F)c(F)c(F)c3c2C(F)(F)c2c(F)c(F)c(F)c(F)c2-3)c2c(F)c(F)c(F)c3c(F)c(F)c(F)c(F)c23)c(F)c1. The molecule has 0 radical (unpaired) electrons. The Morgan fingerprint density at radius 2 is 0.900 bits per heavy atom. The van der Waals surface area contributed by atoms with Gasteiger partial charge in [0.1, 0.15) is 11.6 Å². The highest BCUT2D eigenvalue weighted by atomic mass is 19.3. The fourth-order valence-electron chi connectivity index (χ4n) is 5.25. The van der Waals surface area contributed by atoms with Crippen LogP contribution in [0.2, 0.25) is 0 Å². The maximum Gasteiger partial charge on any atom is 0.636 e. The highest BCUT2D eigenvalue weighted by Gasteiger charge is 2.56. The van der Waals surface area contributed by atoms with Crippen molar-refractivity contribution < 1.29 is 88.3 Å². The zero-order chi connectivity index (χ0) is 37.0. The van der Waals surface area contributed by atoms with E-state index in [1.165, 1.54) is 0 Å². The summed E-state index contributed by atoms with van der Waals surface area (Å²) in [5.41, 5.74) is -12.1. The summed E-state index contributed by atoms with van der Waals surface area (Å²) in [7, 11) is -3.71. The molecule has 0 spiro atoms. The molecule has 0 saturated carbocycles. The second-order valence-electron chi connectivity index (χ2n) is 10.1. The average Bonchev–Trinajstić information content (AvgIpc) is 3.31. The molecule has 1 aliphatic carbocycles. The van der Waals surface area contributed by atoms with E-state index in [1.54, 1.807) is 0 Å². The third-order valence-corrected chi connectivity index (χ3v) is 7.39. The van der Waals surface area contributed by atoms with Crippen molar-refractivity contribution in [3.8, 4) is 22.6 Å². The Morgan fingerprint density at radius 1 is 0.440 bits per heavy atom. The Bertz CT molecular complexity index is 2340. The van der Waals surface area contributed by atoms with E-state index in [0.29, 0.717) is 6.07 Å². The van der Waals surface area contributed by atoms with Crippen molar-refractivity contribution in [1.29, 1.82) is 0 Å². The minimum Gasteiger partial charge on any atom is -0.520 e. The van der Waals surface area contributed by atoms with E-state index in [1.807, 2.05) is 0 Å². The van der Waals surface area contributed by atoms with Crippen LogP contribution in [-0.2, 0) is 5.92 Å². The molecule has 0 aromatic heterocycles. The Balaban J connectivity index is 1.74. The van der Waals surface area contributed by atoms with Gasteiger partial charge in [0.25, 0.3) is 0 Å². The first kappa shape index (κ1) is 34.6. The monoisotopic (exact) mass is 736 g/mol. The molecule has 0 saturated heterocycles. The maximum absolute atomic E-state index is 15.7. The molecular formula is C29H3BF18O2. The Labute approximate surface area is 263 Å². The van der Waals surface area contributed by atoms with Crippen LogP contribution in [0.25, 0.3) is 21.9 Å². The van der Waals surface area contributed by atoms with Crippen LogP contribution in [0.5, 0.6) is 11.5 Å². The standard InChI is InChI=1S/C29H3BF18O2/c31-4-1-2-6(5(32)3-4)49-30(13-9-10(17(36)21(40)20(13)39)18(37)24(43)23(42)16(9)35)50-28-12-8(15(34)25(44)27(28)46)7-11(29(12,47)48)19(38)26(45)22(41)14(7)33/h1-3H. The highest BCUT2D eigenvalue weighted by Crippen LogP contribution is 2.58. The number of fused-ring (bicyclic) bond motifs is 4. The van der Waals surface area contributed by atoms with Crippen LogP contribution in [0.15, 0.2) is 18.2 Å². The van der Waals surface area contributed by atoms with Gasteiger partial charge in [-0.3, -0.25) is 0 Å². The molecule has 21 heteroatoms. The molecule has 5 aromatic carbocycles. The van der Waals surface area contributed by atoms with E-state index < -0.39 is 156 Å². The van der Waals surface area contributed by atoms with Crippen LogP contribution in [0, 0.1) is 93.1 Å². The van der Waals surface area contributed by atoms with Crippen molar-refractivity contribution in [2.75, 3.05) is 0 Å². The van der Waals surface area contributed by atoms with E-state index in [4.69, 9.17) is 4.65 Å². The number of hydrogen-bond acceptors (Lipinski definition) is 2. The van der Waals surface area contributed by atoms with E-state index >= 15 is 26.3 Å². The first-order chi connectivity index (χ1) is 23.2. The molecule has 6 rings (SSSR count). The van der Waals surface area contributed by atoms with Crippen LogP contribution < -0.4 is 14.8 Å². The molecule has 260 valence electrons. The fraction of sp³-hybridized carbons (Fsp3) is 0.0345. The predicted octanol–water partition coefficient (Wildman–Crippen LogP) is 9.04. The van der Waals surface area contributed by atoms with Crippen molar-refractivity contribution >= 4 is 23.4 Å². The van der Waals surface area contributed by atoms with Crippen molar-refractivity contribution in [2.24, 2.45) is 0 Å². The third-order valence-electron chi connectivity index (χ3n) is 7.39. The first-order valence-corrected chi connectivity index (χ1v) is 12.8. The van der Waals surface area contributed by atoms with Crippen LogP contribution in [-0.4, -0.2) is 7.12 Å². The molecule has 5 aromatic rings. The summed E-state index contributed by atoms with van der Waals surface area (Å²) in [6, 6.07) is 0.460. The van der Waals surface area contributed by atoms with Gasteiger partial charge in [-0.05, 0) is 12.1 Å². The van der Waals surface area contributed by atoms with Gasteiger partial charge in [0.05, 0.1) is 22.0 Å². The molecular weight excluding hydrogens is 733 g/mol. The molecule has 0 atom stereocenters. The minimum atomic E-state index is -5.53. The Kier molecular flexibility index (Phi) is 7.90. The summed E-state index contributed by atoms with van der Waals surface area (Å²) in [6.45, 7) is 0. The lowest BCUT2D eigenvalue weighted by molar-refractivity contribution is 0.0404. The van der Waals surface area contributed by atoms with Gasteiger partial charge in [-0.1, -0.05) is 0 Å². The van der Waals surface area contributed by atoms with Crippen molar-refractivity contribution in [3.05, 3.63) is 122 Å². The third kappa shape index (κ3) is 4.57. The Hall–Kier alpha value is -5.24. The fourth-order valence-corrected chi connectivity index (χ4v) is 5.25. The molecule has 0 unspecified atom stereocenters. The summed E-state index contributed by atoms with van der Waals surface area (Å²) < 4.78 is 275. The summed E-state index contributed by atoms with van der Waals surface area (Å²) >= 11 is 0. The number of halogens is 18. The molecule has 0 bridgehead atoms. The maximum atomic E-state index is 15.7. The molecule has 0 fully saturated rings. The second kappa shape index (κ2) is 11.4.